The highest BCUT2D eigenvalue weighted by Gasteiger charge is 2.20. The van der Waals surface area contributed by atoms with Crippen molar-refractivity contribution in [3.63, 3.8) is 0 Å². The van der Waals surface area contributed by atoms with E-state index in [9.17, 15) is 8.42 Å². The fourth-order valence-corrected chi connectivity index (χ4v) is 3.82. The second-order valence-electron chi connectivity index (χ2n) is 4.89. The molecule has 1 N–H and O–H groups in total. The van der Waals surface area contributed by atoms with Gasteiger partial charge in [0.2, 0.25) is 10.0 Å². The third-order valence-corrected chi connectivity index (χ3v) is 5.83. The van der Waals surface area contributed by atoms with Crippen LogP contribution in [-0.2, 0) is 23.0 Å². The van der Waals surface area contributed by atoms with Gasteiger partial charge in [-0.2, -0.15) is 15.6 Å². The number of likely N-dealkylation sites (N-methyl/N-ethyl adjacent to an activating group) is 1. The van der Waals surface area contributed by atoms with E-state index in [1.807, 2.05) is 36.0 Å². The highest BCUT2D eigenvalue weighted by atomic mass is 32.2. The average Bonchev–Trinajstić information content (AvgIpc) is 2.98. The van der Waals surface area contributed by atoms with Gasteiger partial charge >= 0.3 is 0 Å². The van der Waals surface area contributed by atoms with E-state index in [-0.39, 0.29) is 0 Å². The van der Waals surface area contributed by atoms with Crippen molar-refractivity contribution in [2.24, 2.45) is 0 Å². The molecule has 0 saturated heterocycles. The molecule has 2 aromatic rings. The van der Waals surface area contributed by atoms with Crippen LogP contribution in [0.1, 0.15) is 11.1 Å². The number of nitrogens with one attached hydrogen (secondary N) is 1. The van der Waals surface area contributed by atoms with Crippen LogP contribution in [0.25, 0.3) is 0 Å². The molecule has 0 atom stereocenters. The summed E-state index contributed by atoms with van der Waals surface area (Å²) in [5.41, 5.74) is 2.14. The van der Waals surface area contributed by atoms with Crippen LogP contribution < -0.4 is 5.32 Å². The van der Waals surface area contributed by atoms with E-state index in [0.29, 0.717) is 11.4 Å². The molecule has 0 spiro atoms. The molecule has 0 aliphatic rings. The van der Waals surface area contributed by atoms with Crippen molar-refractivity contribution >= 4 is 21.4 Å². The lowest BCUT2D eigenvalue weighted by Crippen LogP contribution is -2.26. The van der Waals surface area contributed by atoms with Crippen LogP contribution in [0.5, 0.6) is 0 Å². The lowest BCUT2D eigenvalue weighted by atomic mass is 10.1. The van der Waals surface area contributed by atoms with E-state index in [1.54, 1.807) is 30.5 Å². The molecule has 1 aromatic carbocycles. The third kappa shape index (κ3) is 4.14. The molecule has 0 radical (unpaired) electrons. The first kappa shape index (κ1) is 16.2. The van der Waals surface area contributed by atoms with Crippen LogP contribution in [0, 0.1) is 0 Å². The van der Waals surface area contributed by atoms with Crippen molar-refractivity contribution < 1.29 is 8.42 Å². The normalized spacial score (nSPS) is 12.0. The molecule has 1 aromatic heterocycles. The minimum Gasteiger partial charge on any atom is -0.319 e. The topological polar surface area (TPSA) is 49.4 Å². The Hall–Kier alpha value is -1.21. The maximum Gasteiger partial charge on any atom is 0.243 e. The van der Waals surface area contributed by atoms with Gasteiger partial charge in [-0.25, -0.2) is 8.42 Å². The largest absolute Gasteiger partial charge is 0.319 e. The van der Waals surface area contributed by atoms with Crippen molar-refractivity contribution in [1.82, 2.24) is 9.62 Å². The Morgan fingerprint density at radius 1 is 1.14 bits per heavy atom. The number of nitrogens with zero attached hydrogens (tertiary/aromatic N) is 1. The lowest BCUT2D eigenvalue weighted by molar-refractivity contribution is 0.467. The lowest BCUT2D eigenvalue weighted by Gasteiger charge is -2.16. The van der Waals surface area contributed by atoms with Crippen LogP contribution in [0.15, 0.2) is 46.0 Å². The number of benzene rings is 1. The Labute approximate surface area is 130 Å². The van der Waals surface area contributed by atoms with E-state index in [0.717, 1.165) is 24.1 Å². The zero-order valence-electron chi connectivity index (χ0n) is 12.2. The highest BCUT2D eigenvalue weighted by molar-refractivity contribution is 7.89. The Morgan fingerprint density at radius 3 is 2.43 bits per heavy atom. The zero-order valence-corrected chi connectivity index (χ0v) is 13.9. The summed E-state index contributed by atoms with van der Waals surface area (Å²) in [4.78, 5) is 0.341. The first-order valence-corrected chi connectivity index (χ1v) is 9.13. The van der Waals surface area contributed by atoms with E-state index >= 15 is 0 Å². The van der Waals surface area contributed by atoms with Crippen LogP contribution in [0.4, 0.5) is 0 Å². The van der Waals surface area contributed by atoms with Crippen molar-refractivity contribution in [2.45, 2.75) is 17.9 Å². The summed E-state index contributed by atoms with van der Waals surface area (Å²) in [6, 6.07) is 9.07. The van der Waals surface area contributed by atoms with Gasteiger partial charge in [0.15, 0.2) is 0 Å². The second kappa shape index (κ2) is 7.17. The maximum absolute atomic E-state index is 12.5. The minimum absolute atomic E-state index is 0.341. The molecule has 0 aliphatic heterocycles. The first-order valence-electron chi connectivity index (χ1n) is 6.75. The van der Waals surface area contributed by atoms with Gasteiger partial charge in [-0.05, 0) is 60.1 Å². The smallest absolute Gasteiger partial charge is 0.243 e. The van der Waals surface area contributed by atoms with Crippen molar-refractivity contribution in [1.29, 1.82) is 0 Å². The molecule has 0 fully saturated rings. The highest BCUT2D eigenvalue weighted by Crippen LogP contribution is 2.18. The summed E-state index contributed by atoms with van der Waals surface area (Å²) >= 11 is 1.57. The van der Waals surface area contributed by atoms with Crippen molar-refractivity contribution in [3.05, 3.63) is 52.2 Å². The Kier molecular flexibility index (Phi) is 5.52. The summed E-state index contributed by atoms with van der Waals surface area (Å²) in [7, 11) is 0.0840. The summed E-state index contributed by atoms with van der Waals surface area (Å²) in [5.74, 6) is 0. The van der Waals surface area contributed by atoms with E-state index in [2.05, 4.69) is 5.32 Å². The summed E-state index contributed by atoms with van der Waals surface area (Å²) in [6.07, 6.45) is 0.890. The number of rotatable bonds is 7. The SMILES string of the molecule is CNCCc1ccc(S(=O)(=O)N(C)Cc2ccsc2)cc1. The average molecular weight is 324 g/mol. The van der Waals surface area contributed by atoms with Crippen LogP contribution in [0.3, 0.4) is 0 Å². The molecular weight excluding hydrogens is 304 g/mol. The molecule has 0 unspecified atom stereocenters. The third-order valence-electron chi connectivity index (χ3n) is 3.28. The van der Waals surface area contributed by atoms with E-state index in [1.165, 1.54) is 4.31 Å². The molecule has 0 aliphatic carbocycles. The van der Waals surface area contributed by atoms with Gasteiger partial charge in [0.25, 0.3) is 0 Å². The van der Waals surface area contributed by atoms with Crippen molar-refractivity contribution in [3.8, 4) is 0 Å². The number of hydrogen-bond donors (Lipinski definition) is 1. The summed E-state index contributed by atoms with van der Waals surface area (Å²) in [5, 5.41) is 6.99. The van der Waals surface area contributed by atoms with Crippen LogP contribution in [0.2, 0.25) is 0 Å². The molecule has 2 rings (SSSR count). The van der Waals surface area contributed by atoms with Crippen molar-refractivity contribution in [2.75, 3.05) is 20.6 Å². The fraction of sp³-hybridized carbons (Fsp3) is 0.333. The Morgan fingerprint density at radius 2 is 1.86 bits per heavy atom. The van der Waals surface area contributed by atoms with Gasteiger partial charge in [0, 0.05) is 13.6 Å². The van der Waals surface area contributed by atoms with Gasteiger partial charge in [-0.1, -0.05) is 12.1 Å². The second-order valence-corrected chi connectivity index (χ2v) is 7.72. The van der Waals surface area contributed by atoms with Crippen LogP contribution in [-0.4, -0.2) is 33.4 Å². The first-order chi connectivity index (χ1) is 10.0. The summed E-state index contributed by atoms with van der Waals surface area (Å²) in [6.45, 7) is 1.28. The monoisotopic (exact) mass is 324 g/mol. The van der Waals surface area contributed by atoms with Gasteiger partial charge in [-0.15, -0.1) is 0 Å². The molecule has 114 valence electrons. The van der Waals surface area contributed by atoms with E-state index in [4.69, 9.17) is 0 Å². The predicted octanol–water partition coefficient (Wildman–Crippen LogP) is 2.33. The van der Waals surface area contributed by atoms with Gasteiger partial charge in [-0.3, -0.25) is 0 Å². The van der Waals surface area contributed by atoms with Gasteiger partial charge in [0.05, 0.1) is 4.90 Å². The minimum atomic E-state index is -3.43. The number of sulfonamides is 1. The Balaban J connectivity index is 2.11. The number of thiophene rings is 1. The molecule has 0 bridgehead atoms. The molecule has 6 heteroatoms. The molecule has 4 nitrogen and oxygen atoms in total. The standard InChI is InChI=1S/C15H20N2O2S2/c1-16-9-7-13-3-5-15(6-4-13)21(18,19)17(2)11-14-8-10-20-12-14/h3-6,8,10,12,16H,7,9,11H2,1-2H3. The molecular formula is C15H20N2O2S2. The molecule has 0 amide bonds. The Bertz CT molecular complexity index is 649. The molecule has 0 saturated carbocycles. The molecule has 21 heavy (non-hydrogen) atoms. The van der Waals surface area contributed by atoms with Gasteiger partial charge in [0.1, 0.15) is 0 Å². The zero-order chi connectivity index (χ0) is 15.3. The van der Waals surface area contributed by atoms with E-state index < -0.39 is 10.0 Å². The summed E-state index contributed by atoms with van der Waals surface area (Å²) < 4.78 is 26.4. The maximum atomic E-state index is 12.5. The number of hydrogen-bond acceptors (Lipinski definition) is 4. The quantitative estimate of drug-likeness (QED) is 0.850. The predicted molar refractivity (Wildman–Crippen MR) is 87.0 cm³/mol. The van der Waals surface area contributed by atoms with Gasteiger partial charge < -0.3 is 5.32 Å². The molecule has 1 heterocycles. The fourth-order valence-electron chi connectivity index (χ4n) is 2.00. The van der Waals surface area contributed by atoms with Crippen LogP contribution >= 0.6 is 11.3 Å².